The average Bonchev–Trinajstić information content (AvgIpc) is 3.11. The molecule has 1 aliphatic heterocycles. The van der Waals surface area contributed by atoms with Gasteiger partial charge in [0.1, 0.15) is 16.8 Å². The van der Waals surface area contributed by atoms with Gasteiger partial charge in [0.15, 0.2) is 0 Å². The molecule has 4 heteroatoms. The topological polar surface area (TPSA) is 29.0 Å². The third-order valence-corrected chi connectivity index (χ3v) is 4.27. The van der Waals surface area contributed by atoms with Crippen LogP contribution in [0.3, 0.4) is 0 Å². The van der Waals surface area contributed by atoms with Gasteiger partial charge in [-0.2, -0.15) is 0 Å². The minimum atomic E-state index is 0.548. The molecule has 0 amide bonds. The van der Waals surface area contributed by atoms with Crippen molar-refractivity contribution in [1.29, 1.82) is 0 Å². The predicted octanol–water partition coefficient (Wildman–Crippen LogP) is 3.63. The van der Waals surface area contributed by atoms with E-state index in [1.807, 2.05) is 6.07 Å². The zero-order valence-corrected chi connectivity index (χ0v) is 11.8. The van der Waals surface area contributed by atoms with Gasteiger partial charge in [0, 0.05) is 24.6 Å². The SMILES string of the molecule is CC1CCN(c2cc(Cl)nc(C3CC3)n2)C(C)C1. The highest BCUT2D eigenvalue weighted by atomic mass is 35.5. The standard InChI is InChI=1S/C14H20ClN3/c1-9-5-6-18(10(2)7-9)13-8-12(15)16-14(17-13)11-3-4-11/h8-11H,3-7H2,1-2H3. The molecule has 0 radical (unpaired) electrons. The minimum absolute atomic E-state index is 0.548. The lowest BCUT2D eigenvalue weighted by atomic mass is 9.93. The Morgan fingerprint density at radius 3 is 2.67 bits per heavy atom. The molecular formula is C14H20ClN3. The molecule has 98 valence electrons. The van der Waals surface area contributed by atoms with Crippen molar-refractivity contribution >= 4 is 17.4 Å². The number of hydrogen-bond donors (Lipinski definition) is 0. The monoisotopic (exact) mass is 265 g/mol. The molecule has 18 heavy (non-hydrogen) atoms. The van der Waals surface area contributed by atoms with Crippen molar-refractivity contribution in [3.05, 3.63) is 17.0 Å². The van der Waals surface area contributed by atoms with E-state index in [0.717, 1.165) is 24.1 Å². The first-order valence-corrected chi connectivity index (χ1v) is 7.32. The van der Waals surface area contributed by atoms with Gasteiger partial charge in [-0.15, -0.1) is 0 Å². The zero-order valence-electron chi connectivity index (χ0n) is 11.1. The van der Waals surface area contributed by atoms with E-state index < -0.39 is 0 Å². The minimum Gasteiger partial charge on any atom is -0.354 e. The fraction of sp³-hybridized carbons (Fsp3) is 0.714. The van der Waals surface area contributed by atoms with Crippen LogP contribution in [-0.4, -0.2) is 22.6 Å². The fourth-order valence-corrected chi connectivity index (χ4v) is 3.03. The van der Waals surface area contributed by atoms with Crippen LogP contribution < -0.4 is 4.90 Å². The molecule has 2 unspecified atom stereocenters. The molecule has 1 aliphatic carbocycles. The van der Waals surface area contributed by atoms with Gasteiger partial charge in [-0.25, -0.2) is 9.97 Å². The molecule has 2 atom stereocenters. The largest absolute Gasteiger partial charge is 0.354 e. The lowest BCUT2D eigenvalue weighted by Crippen LogP contribution is -2.40. The predicted molar refractivity (Wildman–Crippen MR) is 74.2 cm³/mol. The molecule has 3 rings (SSSR count). The molecule has 0 bridgehead atoms. The van der Waals surface area contributed by atoms with Gasteiger partial charge in [0.25, 0.3) is 0 Å². The van der Waals surface area contributed by atoms with Crippen molar-refractivity contribution in [3.8, 4) is 0 Å². The van der Waals surface area contributed by atoms with Crippen molar-refractivity contribution in [1.82, 2.24) is 9.97 Å². The average molecular weight is 266 g/mol. The van der Waals surface area contributed by atoms with Crippen LogP contribution in [0.2, 0.25) is 5.15 Å². The van der Waals surface area contributed by atoms with Crippen LogP contribution in [0.1, 0.15) is 51.3 Å². The molecule has 1 aromatic rings. The van der Waals surface area contributed by atoms with E-state index in [0.29, 0.717) is 17.1 Å². The first-order valence-electron chi connectivity index (χ1n) is 6.94. The number of anilines is 1. The normalized spacial score (nSPS) is 28.5. The third kappa shape index (κ3) is 2.46. The van der Waals surface area contributed by atoms with Gasteiger partial charge in [-0.3, -0.25) is 0 Å². The molecule has 1 aromatic heterocycles. The Morgan fingerprint density at radius 2 is 2.00 bits per heavy atom. The summed E-state index contributed by atoms with van der Waals surface area (Å²) in [5.41, 5.74) is 0. The second-order valence-electron chi connectivity index (χ2n) is 5.85. The summed E-state index contributed by atoms with van der Waals surface area (Å²) in [5, 5.41) is 0.590. The molecule has 3 nitrogen and oxygen atoms in total. The van der Waals surface area contributed by atoms with Gasteiger partial charge in [-0.05, 0) is 38.5 Å². The number of rotatable bonds is 2. The maximum atomic E-state index is 6.14. The Kier molecular flexibility index (Phi) is 3.18. The molecule has 2 heterocycles. The summed E-state index contributed by atoms with van der Waals surface area (Å²) >= 11 is 6.14. The van der Waals surface area contributed by atoms with Crippen molar-refractivity contribution in [2.45, 2.75) is 51.5 Å². The van der Waals surface area contributed by atoms with Crippen molar-refractivity contribution in [2.24, 2.45) is 5.92 Å². The Morgan fingerprint density at radius 1 is 1.22 bits per heavy atom. The molecule has 2 aliphatic rings. The van der Waals surface area contributed by atoms with Gasteiger partial charge in [0.05, 0.1) is 0 Å². The van der Waals surface area contributed by atoms with Gasteiger partial charge in [-0.1, -0.05) is 18.5 Å². The smallest absolute Gasteiger partial charge is 0.135 e. The molecule has 0 spiro atoms. The summed E-state index contributed by atoms with van der Waals surface area (Å²) in [4.78, 5) is 11.5. The quantitative estimate of drug-likeness (QED) is 0.765. The maximum Gasteiger partial charge on any atom is 0.135 e. The van der Waals surface area contributed by atoms with Crippen LogP contribution in [-0.2, 0) is 0 Å². The summed E-state index contributed by atoms with van der Waals surface area (Å²) in [6, 6.07) is 2.46. The van der Waals surface area contributed by atoms with Crippen molar-refractivity contribution < 1.29 is 0 Å². The van der Waals surface area contributed by atoms with Crippen LogP contribution in [0.5, 0.6) is 0 Å². The lowest BCUT2D eigenvalue weighted by molar-refractivity contribution is 0.375. The highest BCUT2D eigenvalue weighted by Crippen LogP contribution is 2.39. The second kappa shape index (κ2) is 4.69. The van der Waals surface area contributed by atoms with Crippen molar-refractivity contribution in [3.63, 3.8) is 0 Å². The van der Waals surface area contributed by atoms with Gasteiger partial charge in [0.2, 0.25) is 0 Å². The van der Waals surface area contributed by atoms with Crippen LogP contribution in [0.15, 0.2) is 6.07 Å². The van der Waals surface area contributed by atoms with Crippen LogP contribution in [0, 0.1) is 5.92 Å². The second-order valence-corrected chi connectivity index (χ2v) is 6.24. The van der Waals surface area contributed by atoms with E-state index in [1.165, 1.54) is 25.7 Å². The van der Waals surface area contributed by atoms with Crippen LogP contribution in [0.4, 0.5) is 5.82 Å². The number of hydrogen-bond acceptors (Lipinski definition) is 3. The summed E-state index contributed by atoms with van der Waals surface area (Å²) in [6.07, 6.45) is 4.91. The Hall–Kier alpha value is -0.830. The maximum absolute atomic E-state index is 6.14. The summed E-state index contributed by atoms with van der Waals surface area (Å²) in [7, 11) is 0. The first-order chi connectivity index (χ1) is 8.63. The van der Waals surface area contributed by atoms with Crippen LogP contribution >= 0.6 is 11.6 Å². The Labute approximate surface area is 114 Å². The van der Waals surface area contributed by atoms with Gasteiger partial charge >= 0.3 is 0 Å². The number of nitrogens with zero attached hydrogens (tertiary/aromatic N) is 3. The summed E-state index contributed by atoms with van der Waals surface area (Å²) < 4.78 is 0. The highest BCUT2D eigenvalue weighted by Gasteiger charge is 2.29. The van der Waals surface area contributed by atoms with E-state index in [2.05, 4.69) is 23.7 Å². The van der Waals surface area contributed by atoms with Crippen LogP contribution in [0.25, 0.3) is 0 Å². The molecule has 1 saturated heterocycles. The molecular weight excluding hydrogens is 246 g/mol. The molecule has 2 fully saturated rings. The number of aromatic nitrogens is 2. The Bertz CT molecular complexity index is 445. The highest BCUT2D eigenvalue weighted by molar-refractivity contribution is 6.29. The van der Waals surface area contributed by atoms with Gasteiger partial charge < -0.3 is 4.90 Å². The molecule has 0 aromatic carbocycles. The zero-order chi connectivity index (χ0) is 12.7. The molecule has 1 saturated carbocycles. The van der Waals surface area contributed by atoms with E-state index in [1.54, 1.807) is 0 Å². The van der Waals surface area contributed by atoms with E-state index in [9.17, 15) is 0 Å². The fourth-order valence-electron chi connectivity index (χ4n) is 2.84. The number of halogens is 1. The Balaban J connectivity index is 1.86. The van der Waals surface area contributed by atoms with E-state index in [4.69, 9.17) is 16.6 Å². The third-order valence-electron chi connectivity index (χ3n) is 4.07. The number of piperidine rings is 1. The first kappa shape index (κ1) is 12.2. The van der Waals surface area contributed by atoms with Crippen molar-refractivity contribution in [2.75, 3.05) is 11.4 Å². The summed E-state index contributed by atoms with van der Waals surface area (Å²) in [6.45, 7) is 5.69. The van der Waals surface area contributed by atoms with E-state index >= 15 is 0 Å². The van der Waals surface area contributed by atoms with E-state index in [-0.39, 0.29) is 0 Å². The lowest BCUT2D eigenvalue weighted by Gasteiger charge is -2.37. The summed E-state index contributed by atoms with van der Waals surface area (Å²) in [5.74, 6) is 3.34. The molecule has 0 N–H and O–H groups in total.